The maximum atomic E-state index is 10.1. The second-order valence-electron chi connectivity index (χ2n) is 4.63. The molecule has 2 aromatic rings. The highest BCUT2D eigenvalue weighted by atomic mass is 16.6. The van der Waals surface area contributed by atoms with Crippen molar-refractivity contribution in [3.63, 3.8) is 0 Å². The molecule has 0 amide bonds. The van der Waals surface area contributed by atoms with E-state index in [-0.39, 0.29) is 22.9 Å². The third kappa shape index (κ3) is 2.03. The summed E-state index contributed by atoms with van der Waals surface area (Å²) in [7, 11) is 0. The lowest BCUT2D eigenvalue weighted by Crippen LogP contribution is -2.33. The number of aromatic nitrogens is 4. The molecule has 0 aliphatic carbocycles. The summed E-state index contributed by atoms with van der Waals surface area (Å²) >= 11 is 0. The van der Waals surface area contributed by atoms with E-state index >= 15 is 0 Å². The van der Waals surface area contributed by atoms with E-state index in [0.29, 0.717) is 0 Å². The lowest BCUT2D eigenvalue weighted by Gasteiger charge is -2.17. The Bertz CT molecular complexity index is 757. The highest BCUT2D eigenvalue weighted by Gasteiger charge is 2.44. The first-order valence-corrected chi connectivity index (χ1v) is 6.24. The number of aliphatic hydroxyl groups excluding tert-OH is 3. The highest BCUT2D eigenvalue weighted by molar-refractivity contribution is 5.83. The highest BCUT2D eigenvalue weighted by Crippen LogP contribution is 2.35. The van der Waals surface area contributed by atoms with E-state index in [1.165, 1.54) is 10.9 Å². The molecule has 12 heteroatoms. The van der Waals surface area contributed by atoms with E-state index in [0.717, 1.165) is 0 Å². The zero-order chi connectivity index (χ0) is 15.9. The largest absolute Gasteiger partial charge is 0.394 e. The maximum absolute atomic E-state index is 10.1. The van der Waals surface area contributed by atoms with Crippen LogP contribution in [-0.4, -0.2) is 59.8 Å². The van der Waals surface area contributed by atoms with Gasteiger partial charge in [0, 0.05) is 4.91 Å². The van der Waals surface area contributed by atoms with Gasteiger partial charge in [0.05, 0.1) is 6.61 Å². The Balaban J connectivity index is 2.19. The van der Waals surface area contributed by atoms with Crippen molar-refractivity contribution in [2.24, 2.45) is 5.11 Å². The van der Waals surface area contributed by atoms with Crippen LogP contribution >= 0.6 is 0 Å². The van der Waals surface area contributed by atoms with Crippen LogP contribution in [0, 0.1) is 0 Å². The fraction of sp³-hybridized carbons (Fsp3) is 0.500. The maximum Gasteiger partial charge on any atom is 0.201 e. The summed E-state index contributed by atoms with van der Waals surface area (Å²) < 4.78 is 6.61. The molecule has 2 aromatic heterocycles. The molecule has 3 heterocycles. The number of hydrogen-bond acceptors (Lipinski definition) is 9. The third-order valence-electron chi connectivity index (χ3n) is 3.39. The minimum Gasteiger partial charge on any atom is -0.394 e. The zero-order valence-electron chi connectivity index (χ0n) is 11.1. The van der Waals surface area contributed by atoms with Gasteiger partial charge in [0.15, 0.2) is 23.2 Å². The van der Waals surface area contributed by atoms with Gasteiger partial charge in [-0.15, -0.1) is 0 Å². The molecule has 4 atom stereocenters. The molecular weight excluding hydrogens is 296 g/mol. The average molecular weight is 308 g/mol. The average Bonchev–Trinajstić information content (AvgIpc) is 3.00. The molecule has 0 spiro atoms. The van der Waals surface area contributed by atoms with Crippen molar-refractivity contribution >= 4 is 22.9 Å². The van der Waals surface area contributed by atoms with Gasteiger partial charge in [-0.25, -0.2) is 15.0 Å². The molecule has 0 radical (unpaired) electrons. The molecule has 3 rings (SSSR count). The van der Waals surface area contributed by atoms with E-state index in [9.17, 15) is 10.2 Å². The van der Waals surface area contributed by atoms with Crippen molar-refractivity contribution in [3.05, 3.63) is 16.8 Å². The number of aliphatic hydroxyl groups is 3. The van der Waals surface area contributed by atoms with Crippen molar-refractivity contribution in [1.82, 2.24) is 19.5 Å². The van der Waals surface area contributed by atoms with Crippen molar-refractivity contribution in [2.45, 2.75) is 24.5 Å². The number of hydrogen-bond donors (Lipinski definition) is 4. The normalized spacial score (nSPS) is 28.0. The Morgan fingerprint density at radius 3 is 2.82 bits per heavy atom. The number of azide groups is 1. The van der Waals surface area contributed by atoms with Crippen LogP contribution in [0.2, 0.25) is 0 Å². The van der Waals surface area contributed by atoms with E-state index in [4.69, 9.17) is 21.1 Å². The van der Waals surface area contributed by atoms with Crippen LogP contribution < -0.4 is 5.73 Å². The molecule has 0 aromatic carbocycles. The number of imidazole rings is 1. The van der Waals surface area contributed by atoms with Gasteiger partial charge < -0.3 is 25.8 Å². The van der Waals surface area contributed by atoms with Gasteiger partial charge in [-0.1, -0.05) is 0 Å². The number of ether oxygens (including phenoxy) is 1. The SMILES string of the molecule is [N-]=[N+]=Nc1nc2c(N)ncnc2n1[C@H]1O[C@H](CO)[C@@H](O)[C@@H]1O. The summed E-state index contributed by atoms with van der Waals surface area (Å²) in [5, 5.41) is 32.5. The number of nitrogen functional groups attached to an aromatic ring is 1. The van der Waals surface area contributed by atoms with Crippen LogP contribution in [0.25, 0.3) is 21.6 Å². The lowest BCUT2D eigenvalue weighted by atomic mass is 10.1. The van der Waals surface area contributed by atoms with Gasteiger partial charge in [-0.3, -0.25) is 4.57 Å². The van der Waals surface area contributed by atoms with Gasteiger partial charge >= 0.3 is 0 Å². The minimum atomic E-state index is -1.38. The number of fused-ring (bicyclic) bond motifs is 1. The first-order valence-electron chi connectivity index (χ1n) is 6.24. The van der Waals surface area contributed by atoms with E-state index in [1.807, 2.05) is 0 Å². The number of anilines is 1. The standard InChI is InChI=1S/C10H12N8O4/c11-7-4-8(14-2-13-7)18(10(15-4)16-17-12)9-6(21)5(20)3(1-19)22-9/h2-3,5-6,9,19-21H,1H2,(H2,11,13,14)/t3-,5-,6+,9+/m1/s1. The second kappa shape index (κ2) is 5.36. The van der Waals surface area contributed by atoms with Crippen molar-refractivity contribution < 1.29 is 20.1 Å². The molecule has 12 nitrogen and oxygen atoms in total. The second-order valence-corrected chi connectivity index (χ2v) is 4.63. The third-order valence-corrected chi connectivity index (χ3v) is 3.39. The Morgan fingerprint density at radius 1 is 1.41 bits per heavy atom. The molecule has 0 unspecified atom stereocenters. The van der Waals surface area contributed by atoms with Crippen molar-refractivity contribution in [1.29, 1.82) is 0 Å². The molecule has 1 saturated heterocycles. The zero-order valence-corrected chi connectivity index (χ0v) is 11.1. The monoisotopic (exact) mass is 308 g/mol. The molecule has 0 saturated carbocycles. The molecule has 0 bridgehead atoms. The van der Waals surface area contributed by atoms with E-state index < -0.39 is 31.1 Å². The first-order chi connectivity index (χ1) is 10.6. The Morgan fingerprint density at radius 2 is 2.18 bits per heavy atom. The van der Waals surface area contributed by atoms with Gasteiger partial charge in [-0.05, 0) is 10.6 Å². The van der Waals surface area contributed by atoms with E-state index in [1.54, 1.807) is 0 Å². The minimum absolute atomic E-state index is 0.0601. The topological polar surface area (TPSA) is 188 Å². The number of nitrogens with two attached hydrogens (primary N) is 1. The summed E-state index contributed by atoms with van der Waals surface area (Å²) in [6.07, 6.45) is -3.65. The molecule has 116 valence electrons. The fourth-order valence-corrected chi connectivity index (χ4v) is 2.35. The summed E-state index contributed by atoms with van der Waals surface area (Å²) in [6, 6.07) is 0. The van der Waals surface area contributed by atoms with Crippen molar-refractivity contribution in [3.8, 4) is 0 Å². The van der Waals surface area contributed by atoms with Gasteiger partial charge in [0.25, 0.3) is 0 Å². The lowest BCUT2D eigenvalue weighted by molar-refractivity contribution is -0.0502. The van der Waals surface area contributed by atoms with Crippen LogP contribution in [0.5, 0.6) is 0 Å². The molecule has 1 fully saturated rings. The van der Waals surface area contributed by atoms with Crippen LogP contribution in [0.4, 0.5) is 11.8 Å². The molecule has 5 N–H and O–H groups in total. The summed E-state index contributed by atoms with van der Waals surface area (Å²) in [5.74, 6) is -0.0931. The smallest absolute Gasteiger partial charge is 0.201 e. The van der Waals surface area contributed by atoms with Gasteiger partial charge in [-0.2, -0.15) is 0 Å². The Labute approximate surface area is 122 Å². The molecule has 1 aliphatic rings. The van der Waals surface area contributed by atoms with Gasteiger partial charge in [0.1, 0.15) is 24.6 Å². The molecule has 1 aliphatic heterocycles. The van der Waals surface area contributed by atoms with Crippen LogP contribution in [0.15, 0.2) is 11.4 Å². The predicted octanol–water partition coefficient (Wildman–Crippen LogP) is -1.04. The van der Waals surface area contributed by atoms with E-state index in [2.05, 4.69) is 25.0 Å². The molecular formula is C10H12N8O4. The van der Waals surface area contributed by atoms with Crippen LogP contribution in [0.3, 0.4) is 0 Å². The van der Waals surface area contributed by atoms with Crippen molar-refractivity contribution in [2.75, 3.05) is 12.3 Å². The summed E-state index contributed by atoms with van der Waals surface area (Å²) in [5.41, 5.74) is 14.7. The number of rotatable bonds is 3. The number of nitrogens with zero attached hydrogens (tertiary/aromatic N) is 7. The summed E-state index contributed by atoms with van der Waals surface area (Å²) in [6.45, 7) is -0.491. The quantitative estimate of drug-likeness (QED) is 0.314. The molecule has 22 heavy (non-hydrogen) atoms. The van der Waals surface area contributed by atoms with Crippen LogP contribution in [0.1, 0.15) is 6.23 Å². The Hall–Kier alpha value is -2.50. The van der Waals surface area contributed by atoms with Crippen LogP contribution in [-0.2, 0) is 4.74 Å². The predicted molar refractivity (Wildman–Crippen MR) is 71.6 cm³/mol. The fourth-order valence-electron chi connectivity index (χ4n) is 2.35. The first kappa shape index (κ1) is 14.4. The van der Waals surface area contributed by atoms with Gasteiger partial charge in [0.2, 0.25) is 5.95 Å². The Kier molecular flexibility index (Phi) is 3.52. The summed E-state index contributed by atoms with van der Waals surface area (Å²) in [4.78, 5) is 14.4.